The van der Waals surface area contributed by atoms with Crippen LogP contribution in [0.25, 0.3) is 0 Å². The zero-order chi connectivity index (χ0) is 44.4. The van der Waals surface area contributed by atoms with Gasteiger partial charge in [0.1, 0.15) is 13.2 Å². The molecule has 0 heterocycles. The van der Waals surface area contributed by atoms with E-state index >= 15 is 0 Å². The monoisotopic (exact) mass is 849 g/mol. The van der Waals surface area contributed by atoms with Crippen molar-refractivity contribution in [1.29, 1.82) is 0 Å². The normalized spacial score (nSPS) is 12.8. The Morgan fingerprint density at radius 2 is 0.639 bits per heavy atom. The summed E-state index contributed by atoms with van der Waals surface area (Å²) in [6.07, 6.45) is 62.8. The van der Waals surface area contributed by atoms with E-state index < -0.39 is 6.10 Å². The van der Waals surface area contributed by atoms with Gasteiger partial charge in [0.05, 0.1) is 0 Å². The maximum atomic E-state index is 12.8. The molecule has 0 saturated heterocycles. The number of hydrogen-bond donors (Lipinski definition) is 0. The van der Waals surface area contributed by atoms with Gasteiger partial charge in [-0.1, -0.05) is 196 Å². The molecule has 0 N–H and O–H groups in total. The minimum absolute atomic E-state index is 0.104. The van der Waals surface area contributed by atoms with Crippen molar-refractivity contribution in [2.45, 2.75) is 232 Å². The Bertz CT molecular complexity index is 1200. The SMILES string of the molecule is CC/C=C\C/C=C\C/C=C\C/C=C\CCCCC(=O)O[C@H](COC(=O)CCCC/C=C\C/C=C\C/C=C\CCCCC)COC(=O)CCCCCCCCCCCCCCC. The molecule has 0 aromatic carbocycles. The van der Waals surface area contributed by atoms with Gasteiger partial charge in [0.25, 0.3) is 0 Å². The molecular formula is C55H92O6. The van der Waals surface area contributed by atoms with Crippen molar-refractivity contribution in [2.24, 2.45) is 0 Å². The molecule has 0 unspecified atom stereocenters. The van der Waals surface area contributed by atoms with Crippen LogP contribution in [0.4, 0.5) is 0 Å². The van der Waals surface area contributed by atoms with E-state index in [1.165, 1.54) is 89.9 Å². The first-order valence-corrected chi connectivity index (χ1v) is 25.1. The highest BCUT2D eigenvalue weighted by molar-refractivity contribution is 5.71. The molecule has 6 heteroatoms. The van der Waals surface area contributed by atoms with E-state index in [0.29, 0.717) is 19.3 Å². The third kappa shape index (κ3) is 47.5. The standard InChI is InChI=1S/C55H92O6/c1-4-7-10-13-16-19-22-25-27-30-33-36-39-42-45-48-54(57)60-51-52(50-59-53(56)47-44-41-38-35-32-29-24-21-18-15-12-9-6-3)61-55(58)49-46-43-40-37-34-31-28-26-23-20-17-14-11-8-5-2/h8,11,16-17,19-20,25-28,33-34,36-37,52H,4-7,9-10,12-15,18,21-24,29-32,35,38-51H2,1-3H3/b11-8-,19-16-,20-17-,27-25-,28-26-,36-33-,37-34-/t52-/m0/s1. The van der Waals surface area contributed by atoms with Crippen molar-refractivity contribution in [2.75, 3.05) is 13.2 Å². The van der Waals surface area contributed by atoms with Crippen molar-refractivity contribution >= 4 is 17.9 Å². The van der Waals surface area contributed by atoms with Gasteiger partial charge in [0, 0.05) is 19.3 Å². The fraction of sp³-hybridized carbons (Fsp3) is 0.691. The van der Waals surface area contributed by atoms with Crippen LogP contribution in [0.5, 0.6) is 0 Å². The maximum Gasteiger partial charge on any atom is 0.306 e. The molecule has 0 radical (unpaired) electrons. The second-order valence-corrected chi connectivity index (χ2v) is 16.3. The highest BCUT2D eigenvalue weighted by Crippen LogP contribution is 2.14. The molecule has 0 bridgehead atoms. The third-order valence-electron chi connectivity index (χ3n) is 10.4. The number of carbonyl (C=O) groups is 3. The Hall–Kier alpha value is -3.41. The summed E-state index contributed by atoms with van der Waals surface area (Å²) in [4.78, 5) is 37.9. The van der Waals surface area contributed by atoms with Crippen molar-refractivity contribution in [3.63, 3.8) is 0 Å². The third-order valence-corrected chi connectivity index (χ3v) is 10.4. The van der Waals surface area contributed by atoms with Crippen LogP contribution in [-0.2, 0) is 28.6 Å². The quantitative estimate of drug-likeness (QED) is 0.0263. The Balaban J connectivity index is 4.52. The number of allylic oxidation sites excluding steroid dienone is 14. The lowest BCUT2D eigenvalue weighted by atomic mass is 10.0. The lowest BCUT2D eigenvalue weighted by Crippen LogP contribution is -2.30. The topological polar surface area (TPSA) is 78.9 Å². The summed E-state index contributed by atoms with van der Waals surface area (Å²) in [5.41, 5.74) is 0. The Morgan fingerprint density at radius 3 is 1.03 bits per heavy atom. The number of unbranched alkanes of at least 4 members (excludes halogenated alkanes) is 19. The van der Waals surface area contributed by atoms with E-state index in [4.69, 9.17) is 14.2 Å². The van der Waals surface area contributed by atoms with Crippen LogP contribution in [0.1, 0.15) is 226 Å². The molecule has 1 atom stereocenters. The molecule has 348 valence electrons. The molecule has 0 aromatic rings. The van der Waals surface area contributed by atoms with Crippen LogP contribution in [0, 0.1) is 0 Å². The Kier molecular flexibility index (Phi) is 46.5. The van der Waals surface area contributed by atoms with Gasteiger partial charge < -0.3 is 14.2 Å². The first-order chi connectivity index (χ1) is 30.0. The summed E-state index contributed by atoms with van der Waals surface area (Å²) >= 11 is 0. The summed E-state index contributed by atoms with van der Waals surface area (Å²) in [5, 5.41) is 0. The van der Waals surface area contributed by atoms with Crippen LogP contribution in [0.3, 0.4) is 0 Å². The molecule has 0 aliphatic heterocycles. The molecule has 0 spiro atoms. The van der Waals surface area contributed by atoms with E-state index in [1.54, 1.807) is 0 Å². The molecule has 61 heavy (non-hydrogen) atoms. The van der Waals surface area contributed by atoms with Crippen molar-refractivity contribution in [3.05, 3.63) is 85.1 Å². The number of esters is 3. The van der Waals surface area contributed by atoms with E-state index in [1.807, 2.05) is 0 Å². The summed E-state index contributed by atoms with van der Waals surface area (Å²) in [7, 11) is 0. The number of ether oxygens (including phenoxy) is 3. The smallest absolute Gasteiger partial charge is 0.306 e. The Labute approximate surface area is 375 Å². The first-order valence-electron chi connectivity index (χ1n) is 25.1. The van der Waals surface area contributed by atoms with Crippen LogP contribution in [0.15, 0.2) is 85.1 Å². The molecule has 0 fully saturated rings. The zero-order valence-corrected chi connectivity index (χ0v) is 39.7. The van der Waals surface area contributed by atoms with Crippen molar-refractivity contribution < 1.29 is 28.6 Å². The predicted octanol–water partition coefficient (Wildman–Crippen LogP) is 16.4. The van der Waals surface area contributed by atoms with Crippen LogP contribution in [-0.4, -0.2) is 37.2 Å². The zero-order valence-electron chi connectivity index (χ0n) is 39.7. The lowest BCUT2D eigenvalue weighted by Gasteiger charge is -2.18. The summed E-state index contributed by atoms with van der Waals surface area (Å²) in [6, 6.07) is 0. The van der Waals surface area contributed by atoms with Gasteiger partial charge in [0.2, 0.25) is 0 Å². The van der Waals surface area contributed by atoms with Crippen LogP contribution in [0.2, 0.25) is 0 Å². The minimum atomic E-state index is -0.811. The van der Waals surface area contributed by atoms with Gasteiger partial charge in [-0.2, -0.15) is 0 Å². The van der Waals surface area contributed by atoms with E-state index in [2.05, 4.69) is 106 Å². The van der Waals surface area contributed by atoms with Crippen molar-refractivity contribution in [1.82, 2.24) is 0 Å². The van der Waals surface area contributed by atoms with Gasteiger partial charge in [-0.3, -0.25) is 14.4 Å². The average Bonchev–Trinajstić information content (AvgIpc) is 3.26. The molecular weight excluding hydrogens is 757 g/mol. The molecule has 6 nitrogen and oxygen atoms in total. The number of hydrogen-bond acceptors (Lipinski definition) is 6. The lowest BCUT2D eigenvalue weighted by molar-refractivity contribution is -0.167. The maximum absolute atomic E-state index is 12.8. The molecule has 0 rings (SSSR count). The van der Waals surface area contributed by atoms with E-state index in [0.717, 1.165) is 89.9 Å². The highest BCUT2D eigenvalue weighted by Gasteiger charge is 2.19. The fourth-order valence-electron chi connectivity index (χ4n) is 6.61. The number of rotatable bonds is 44. The summed E-state index contributed by atoms with van der Waals surface area (Å²) in [6.45, 7) is 6.42. The van der Waals surface area contributed by atoms with Crippen LogP contribution >= 0.6 is 0 Å². The second-order valence-electron chi connectivity index (χ2n) is 16.3. The van der Waals surface area contributed by atoms with E-state index in [9.17, 15) is 14.4 Å². The Morgan fingerprint density at radius 1 is 0.344 bits per heavy atom. The summed E-state index contributed by atoms with van der Waals surface area (Å²) < 4.78 is 16.7. The molecule has 0 aliphatic carbocycles. The van der Waals surface area contributed by atoms with Gasteiger partial charge >= 0.3 is 17.9 Å². The van der Waals surface area contributed by atoms with E-state index in [-0.39, 0.29) is 37.5 Å². The molecule has 0 saturated carbocycles. The minimum Gasteiger partial charge on any atom is -0.462 e. The first kappa shape index (κ1) is 57.6. The van der Waals surface area contributed by atoms with Crippen LogP contribution < -0.4 is 0 Å². The van der Waals surface area contributed by atoms with Gasteiger partial charge in [-0.25, -0.2) is 0 Å². The fourth-order valence-corrected chi connectivity index (χ4v) is 6.61. The second kappa shape index (κ2) is 49.2. The molecule has 0 aliphatic rings. The largest absolute Gasteiger partial charge is 0.462 e. The van der Waals surface area contributed by atoms with Gasteiger partial charge in [-0.05, 0) is 96.3 Å². The van der Waals surface area contributed by atoms with Gasteiger partial charge in [0.15, 0.2) is 6.10 Å². The predicted molar refractivity (Wildman–Crippen MR) is 261 cm³/mol. The van der Waals surface area contributed by atoms with Crippen molar-refractivity contribution in [3.8, 4) is 0 Å². The molecule has 0 aromatic heterocycles. The number of carbonyl (C=O) groups excluding carboxylic acids is 3. The van der Waals surface area contributed by atoms with Gasteiger partial charge in [-0.15, -0.1) is 0 Å². The highest BCUT2D eigenvalue weighted by atomic mass is 16.6. The summed E-state index contributed by atoms with van der Waals surface area (Å²) in [5.74, 6) is -0.988. The average molecular weight is 849 g/mol. The molecule has 0 amide bonds.